The third kappa shape index (κ3) is 4.20. The first kappa shape index (κ1) is 16.8. The number of benzene rings is 1. The van der Waals surface area contributed by atoms with Crippen LogP contribution in [0, 0.1) is 17.0 Å². The lowest BCUT2D eigenvalue weighted by Gasteiger charge is -2.10. The van der Waals surface area contributed by atoms with Crippen LogP contribution in [-0.2, 0) is 14.6 Å². The van der Waals surface area contributed by atoms with Crippen LogP contribution < -0.4 is 5.32 Å². The molecule has 1 N–H and O–H groups in total. The summed E-state index contributed by atoms with van der Waals surface area (Å²) in [6.45, 7) is 1.57. The van der Waals surface area contributed by atoms with Gasteiger partial charge in [0.15, 0.2) is 9.84 Å². The number of carbonyl (C=O) groups is 1. The summed E-state index contributed by atoms with van der Waals surface area (Å²) >= 11 is 1.30. The number of hydrogen-bond acceptors (Lipinski definition) is 6. The Balaban J connectivity index is 1.93. The summed E-state index contributed by atoms with van der Waals surface area (Å²) in [5, 5.41) is 13.4. The van der Waals surface area contributed by atoms with Crippen LogP contribution in [0.5, 0.6) is 0 Å². The molecule has 0 saturated carbocycles. The molecule has 1 saturated heterocycles. The van der Waals surface area contributed by atoms with Crippen molar-refractivity contribution >= 4 is 38.9 Å². The van der Waals surface area contributed by atoms with Crippen LogP contribution in [0.4, 0.5) is 11.4 Å². The minimum Gasteiger partial charge on any atom is -0.325 e. The fraction of sp³-hybridized carbons (Fsp3) is 0.462. The lowest BCUT2D eigenvalue weighted by molar-refractivity contribution is -0.385. The summed E-state index contributed by atoms with van der Waals surface area (Å²) in [5.74, 6) is 0.122. The summed E-state index contributed by atoms with van der Waals surface area (Å²) in [6.07, 6.45) is 0.566. The molecule has 7 nitrogen and oxygen atoms in total. The van der Waals surface area contributed by atoms with Crippen LogP contribution in [0.2, 0.25) is 0 Å². The standard InChI is InChI=1S/C13H16N2O5S2/c1-9-11(3-2-4-12(9)15(17)18)14-13(16)7-21-10-5-6-22(19,20)8-10/h2-4,10H,5-8H2,1H3,(H,14,16)/t10-/m1/s1. The highest BCUT2D eigenvalue weighted by Crippen LogP contribution is 2.27. The van der Waals surface area contributed by atoms with Gasteiger partial charge in [0, 0.05) is 11.3 Å². The summed E-state index contributed by atoms with van der Waals surface area (Å²) in [7, 11) is -2.95. The summed E-state index contributed by atoms with van der Waals surface area (Å²) in [4.78, 5) is 22.3. The van der Waals surface area contributed by atoms with Crippen molar-refractivity contribution in [1.29, 1.82) is 0 Å². The molecule has 22 heavy (non-hydrogen) atoms. The van der Waals surface area contributed by atoms with Gasteiger partial charge in [0.05, 0.1) is 33.4 Å². The van der Waals surface area contributed by atoms with Crippen molar-refractivity contribution in [2.75, 3.05) is 22.6 Å². The van der Waals surface area contributed by atoms with Crippen LogP contribution in [0.15, 0.2) is 18.2 Å². The fourth-order valence-electron chi connectivity index (χ4n) is 2.23. The van der Waals surface area contributed by atoms with Crippen molar-refractivity contribution in [1.82, 2.24) is 0 Å². The monoisotopic (exact) mass is 344 g/mol. The summed E-state index contributed by atoms with van der Waals surface area (Å²) in [5.41, 5.74) is 0.750. The number of nitrogens with one attached hydrogen (secondary N) is 1. The largest absolute Gasteiger partial charge is 0.325 e. The molecule has 1 atom stereocenters. The van der Waals surface area contributed by atoms with Gasteiger partial charge < -0.3 is 5.32 Å². The highest BCUT2D eigenvalue weighted by Gasteiger charge is 2.28. The second-order valence-corrected chi connectivity index (χ2v) is 8.61. The van der Waals surface area contributed by atoms with Crippen LogP contribution in [0.1, 0.15) is 12.0 Å². The molecule has 1 amide bonds. The van der Waals surface area contributed by atoms with Gasteiger partial charge in [0.25, 0.3) is 5.69 Å². The lowest BCUT2D eigenvalue weighted by Crippen LogP contribution is -2.18. The van der Waals surface area contributed by atoms with Crippen LogP contribution in [0.25, 0.3) is 0 Å². The van der Waals surface area contributed by atoms with Crippen molar-refractivity contribution in [3.8, 4) is 0 Å². The van der Waals surface area contributed by atoms with E-state index in [1.807, 2.05) is 0 Å². The Labute approximate surface area is 132 Å². The first-order chi connectivity index (χ1) is 10.3. The molecule has 0 aromatic heterocycles. The molecule has 0 aliphatic carbocycles. The molecular formula is C13H16N2O5S2. The third-order valence-electron chi connectivity index (χ3n) is 3.42. The summed E-state index contributed by atoms with van der Waals surface area (Å²) < 4.78 is 22.7. The van der Waals surface area contributed by atoms with E-state index in [4.69, 9.17) is 0 Å². The van der Waals surface area contributed by atoms with Crippen LogP contribution in [-0.4, -0.2) is 41.8 Å². The Morgan fingerprint density at radius 1 is 1.50 bits per heavy atom. The average molecular weight is 344 g/mol. The van der Waals surface area contributed by atoms with E-state index in [0.717, 1.165) is 0 Å². The van der Waals surface area contributed by atoms with Gasteiger partial charge in [-0.15, -0.1) is 11.8 Å². The molecule has 0 bridgehead atoms. The molecule has 1 aliphatic rings. The first-order valence-corrected chi connectivity index (χ1v) is 9.51. The van der Waals surface area contributed by atoms with Crippen LogP contribution in [0.3, 0.4) is 0 Å². The topological polar surface area (TPSA) is 106 Å². The molecule has 1 fully saturated rings. The van der Waals surface area contributed by atoms with Crippen molar-refractivity contribution in [3.05, 3.63) is 33.9 Å². The van der Waals surface area contributed by atoms with Gasteiger partial charge in [-0.05, 0) is 19.4 Å². The molecule has 1 aromatic carbocycles. The second kappa shape index (κ2) is 6.66. The maximum atomic E-state index is 11.9. The predicted molar refractivity (Wildman–Crippen MR) is 86.0 cm³/mol. The van der Waals surface area contributed by atoms with E-state index >= 15 is 0 Å². The molecular weight excluding hydrogens is 328 g/mol. The molecule has 1 aromatic rings. The maximum absolute atomic E-state index is 11.9. The SMILES string of the molecule is Cc1c(NC(=O)CS[C@@H]2CCS(=O)(=O)C2)cccc1[N+](=O)[O-]. The Kier molecular flexibility index (Phi) is 5.07. The van der Waals surface area contributed by atoms with Crippen molar-refractivity contribution in [2.45, 2.75) is 18.6 Å². The number of carbonyl (C=O) groups excluding carboxylic acids is 1. The number of sulfone groups is 1. The Hall–Kier alpha value is -1.61. The van der Waals surface area contributed by atoms with Crippen LogP contribution >= 0.6 is 11.8 Å². The molecule has 1 aliphatic heterocycles. The minimum absolute atomic E-state index is 0.0488. The number of thioether (sulfide) groups is 1. The average Bonchev–Trinajstić information content (AvgIpc) is 2.78. The summed E-state index contributed by atoms with van der Waals surface area (Å²) in [6, 6.07) is 4.49. The predicted octanol–water partition coefficient (Wildman–Crippen LogP) is 1.76. The molecule has 0 unspecified atom stereocenters. The van der Waals surface area contributed by atoms with Crippen molar-refractivity contribution in [2.24, 2.45) is 0 Å². The molecule has 1 heterocycles. The van der Waals surface area contributed by atoms with Gasteiger partial charge in [-0.25, -0.2) is 8.42 Å². The van der Waals surface area contributed by atoms with Gasteiger partial charge in [-0.3, -0.25) is 14.9 Å². The van der Waals surface area contributed by atoms with Gasteiger partial charge in [0.2, 0.25) is 5.91 Å². The number of anilines is 1. The zero-order chi connectivity index (χ0) is 16.3. The van der Waals surface area contributed by atoms with E-state index in [1.165, 1.54) is 23.9 Å². The smallest absolute Gasteiger partial charge is 0.274 e. The highest BCUT2D eigenvalue weighted by molar-refractivity contribution is 8.02. The molecule has 0 radical (unpaired) electrons. The highest BCUT2D eigenvalue weighted by atomic mass is 32.2. The quantitative estimate of drug-likeness (QED) is 0.644. The third-order valence-corrected chi connectivity index (χ3v) is 6.70. The van der Waals surface area contributed by atoms with Crippen molar-refractivity contribution in [3.63, 3.8) is 0 Å². The zero-order valence-electron chi connectivity index (χ0n) is 11.9. The lowest BCUT2D eigenvalue weighted by atomic mass is 10.1. The molecule has 2 rings (SSSR count). The van der Waals surface area contributed by atoms with Gasteiger partial charge in [0.1, 0.15) is 0 Å². The van der Waals surface area contributed by atoms with E-state index in [9.17, 15) is 23.3 Å². The van der Waals surface area contributed by atoms with E-state index < -0.39 is 14.8 Å². The molecule has 120 valence electrons. The van der Waals surface area contributed by atoms with Crippen molar-refractivity contribution < 1.29 is 18.1 Å². The Bertz CT molecular complexity index is 702. The normalized spacial score (nSPS) is 19.8. The Morgan fingerprint density at radius 2 is 2.23 bits per heavy atom. The van der Waals surface area contributed by atoms with Gasteiger partial charge in [-0.2, -0.15) is 0 Å². The van der Waals surface area contributed by atoms with E-state index in [0.29, 0.717) is 17.7 Å². The van der Waals surface area contributed by atoms with Gasteiger partial charge in [-0.1, -0.05) is 6.07 Å². The number of nitrogens with zero attached hydrogens (tertiary/aromatic N) is 1. The second-order valence-electron chi connectivity index (χ2n) is 5.09. The van der Waals surface area contributed by atoms with E-state index in [-0.39, 0.29) is 34.1 Å². The number of nitro groups is 1. The molecule has 0 spiro atoms. The number of amides is 1. The number of nitro benzene ring substituents is 1. The van der Waals surface area contributed by atoms with E-state index in [1.54, 1.807) is 13.0 Å². The first-order valence-electron chi connectivity index (χ1n) is 6.64. The van der Waals surface area contributed by atoms with E-state index in [2.05, 4.69) is 5.32 Å². The minimum atomic E-state index is -2.95. The van der Waals surface area contributed by atoms with Gasteiger partial charge >= 0.3 is 0 Å². The number of hydrogen-bond donors (Lipinski definition) is 1. The zero-order valence-corrected chi connectivity index (χ0v) is 13.6. The fourth-order valence-corrected chi connectivity index (χ4v) is 5.67. The maximum Gasteiger partial charge on any atom is 0.274 e. The Morgan fingerprint density at radius 3 is 2.82 bits per heavy atom. The number of rotatable bonds is 5. The molecule has 9 heteroatoms.